The van der Waals surface area contributed by atoms with Gasteiger partial charge in [0.25, 0.3) is 0 Å². The molecule has 0 aliphatic rings. The lowest BCUT2D eigenvalue weighted by Crippen LogP contribution is -2.09. The maximum atomic E-state index is 11.5. The largest absolute Gasteiger partial charge is 0.462 e. The van der Waals surface area contributed by atoms with Crippen molar-refractivity contribution in [1.82, 2.24) is 0 Å². The molecule has 0 aromatic heterocycles. The van der Waals surface area contributed by atoms with E-state index in [9.17, 15) is 9.90 Å². The molecule has 3 heteroatoms. The van der Waals surface area contributed by atoms with Crippen molar-refractivity contribution in [2.24, 2.45) is 0 Å². The van der Waals surface area contributed by atoms with Crippen molar-refractivity contribution in [3.63, 3.8) is 0 Å². The summed E-state index contributed by atoms with van der Waals surface area (Å²) >= 11 is 0. The van der Waals surface area contributed by atoms with E-state index in [-0.39, 0.29) is 6.61 Å². The molecule has 1 radical (unpaired) electrons. The smallest absolute Gasteiger partial charge is 0.338 e. The Morgan fingerprint density at radius 1 is 1.33 bits per heavy atom. The molecule has 15 heavy (non-hydrogen) atoms. The third-order valence-corrected chi connectivity index (χ3v) is 2.12. The molecule has 1 aromatic rings. The van der Waals surface area contributed by atoms with Gasteiger partial charge in [-0.1, -0.05) is 31.5 Å². The highest BCUT2D eigenvalue weighted by Crippen LogP contribution is 2.10. The fourth-order valence-electron chi connectivity index (χ4n) is 1.23. The predicted octanol–water partition coefficient (Wildman–Crippen LogP) is 2.57. The number of hydrogen-bond acceptors (Lipinski definition) is 2. The number of hydrogen-bond donors (Lipinski definition) is 0. The first-order valence-corrected chi connectivity index (χ1v) is 5.12. The van der Waals surface area contributed by atoms with Gasteiger partial charge in [-0.25, -0.2) is 9.90 Å². The van der Waals surface area contributed by atoms with Crippen LogP contribution in [-0.4, -0.2) is 12.6 Å². The van der Waals surface area contributed by atoms with Crippen LogP contribution in [0.5, 0.6) is 0 Å². The molecule has 0 heterocycles. The molecule has 0 unspecified atom stereocenters. The zero-order valence-corrected chi connectivity index (χ0v) is 8.86. The van der Waals surface area contributed by atoms with Crippen LogP contribution in [-0.2, 0) is 16.5 Å². The number of unbranched alkanes of at least 4 members (excludes halogenated alkanes) is 1. The van der Waals surface area contributed by atoms with E-state index in [1.807, 2.05) is 6.92 Å². The van der Waals surface area contributed by atoms with E-state index in [0.29, 0.717) is 17.7 Å². The number of ether oxygens (including phenoxy) is 1. The molecule has 0 saturated heterocycles. The second-order valence-corrected chi connectivity index (χ2v) is 3.29. The van der Waals surface area contributed by atoms with Gasteiger partial charge >= 0.3 is 5.97 Å². The van der Waals surface area contributed by atoms with Crippen LogP contribution < -0.4 is 0 Å². The molecule has 0 amide bonds. The summed E-state index contributed by atoms with van der Waals surface area (Å²) in [4.78, 5) is 11.5. The van der Waals surface area contributed by atoms with E-state index >= 15 is 0 Å². The van der Waals surface area contributed by atoms with Gasteiger partial charge in [0.05, 0.1) is 12.2 Å². The number of benzene rings is 1. The van der Waals surface area contributed by atoms with E-state index in [1.54, 1.807) is 24.3 Å². The quantitative estimate of drug-likeness (QED) is 0.550. The van der Waals surface area contributed by atoms with Crippen molar-refractivity contribution in [3.05, 3.63) is 35.4 Å². The van der Waals surface area contributed by atoms with Gasteiger partial charge in [0, 0.05) is 0 Å². The SMILES string of the molecule is CCCCOC(=O)c1ccccc1C[O]. The third-order valence-electron chi connectivity index (χ3n) is 2.12. The Bertz CT molecular complexity index is 320. The van der Waals surface area contributed by atoms with E-state index < -0.39 is 5.97 Å². The van der Waals surface area contributed by atoms with Crippen molar-refractivity contribution in [2.45, 2.75) is 26.4 Å². The summed E-state index contributed by atoms with van der Waals surface area (Å²) in [7, 11) is 0. The summed E-state index contributed by atoms with van der Waals surface area (Å²) in [6.07, 6.45) is 1.84. The topological polar surface area (TPSA) is 46.2 Å². The average molecular weight is 207 g/mol. The number of esters is 1. The first-order valence-electron chi connectivity index (χ1n) is 5.12. The van der Waals surface area contributed by atoms with Crippen LogP contribution in [0.2, 0.25) is 0 Å². The van der Waals surface area contributed by atoms with Gasteiger partial charge in [-0.15, -0.1) is 0 Å². The minimum atomic E-state index is -0.394. The lowest BCUT2D eigenvalue weighted by molar-refractivity contribution is 0.0494. The highest BCUT2D eigenvalue weighted by Gasteiger charge is 2.11. The summed E-state index contributed by atoms with van der Waals surface area (Å²) < 4.78 is 5.03. The average Bonchev–Trinajstić information content (AvgIpc) is 2.29. The zero-order valence-electron chi connectivity index (χ0n) is 8.86. The van der Waals surface area contributed by atoms with Crippen molar-refractivity contribution < 1.29 is 14.6 Å². The molecule has 0 saturated carbocycles. The third kappa shape index (κ3) is 3.36. The Labute approximate surface area is 89.7 Å². The molecule has 0 aliphatic heterocycles. The Morgan fingerprint density at radius 2 is 2.07 bits per heavy atom. The van der Waals surface area contributed by atoms with Crippen LogP contribution in [0.3, 0.4) is 0 Å². The van der Waals surface area contributed by atoms with Crippen LogP contribution in [0.4, 0.5) is 0 Å². The first kappa shape index (κ1) is 11.7. The van der Waals surface area contributed by atoms with Crippen molar-refractivity contribution in [3.8, 4) is 0 Å². The fraction of sp³-hybridized carbons (Fsp3) is 0.417. The van der Waals surface area contributed by atoms with E-state index in [4.69, 9.17) is 4.74 Å². The van der Waals surface area contributed by atoms with E-state index in [0.717, 1.165) is 12.8 Å². The second-order valence-electron chi connectivity index (χ2n) is 3.29. The molecule has 0 atom stereocenters. The van der Waals surface area contributed by atoms with Gasteiger partial charge in [-0.3, -0.25) is 0 Å². The Hall–Kier alpha value is -1.35. The maximum Gasteiger partial charge on any atom is 0.338 e. The minimum absolute atomic E-state index is 0.390. The molecule has 0 fully saturated rings. The predicted molar refractivity (Wildman–Crippen MR) is 56.0 cm³/mol. The van der Waals surface area contributed by atoms with E-state index in [2.05, 4.69) is 0 Å². The summed E-state index contributed by atoms with van der Waals surface area (Å²) in [6.45, 7) is 2.06. The van der Waals surface area contributed by atoms with E-state index in [1.165, 1.54) is 0 Å². The van der Waals surface area contributed by atoms with Gasteiger partial charge in [-0.2, -0.15) is 0 Å². The normalized spacial score (nSPS) is 10.0. The Morgan fingerprint density at radius 3 is 2.73 bits per heavy atom. The molecular formula is C12H15O3. The van der Waals surface area contributed by atoms with Crippen molar-refractivity contribution in [2.75, 3.05) is 6.61 Å². The molecule has 0 aliphatic carbocycles. The van der Waals surface area contributed by atoms with Crippen LogP contribution in [0.1, 0.15) is 35.7 Å². The molecule has 81 valence electrons. The second kappa shape index (κ2) is 6.19. The molecular weight excluding hydrogens is 192 g/mol. The summed E-state index contributed by atoms with van der Waals surface area (Å²) in [5.41, 5.74) is 0.891. The zero-order chi connectivity index (χ0) is 11.1. The molecule has 0 spiro atoms. The highest BCUT2D eigenvalue weighted by molar-refractivity contribution is 5.91. The highest BCUT2D eigenvalue weighted by atomic mass is 16.5. The van der Waals surface area contributed by atoms with Gasteiger partial charge in [0.2, 0.25) is 0 Å². The molecule has 0 N–H and O–H groups in total. The van der Waals surface area contributed by atoms with Crippen molar-refractivity contribution >= 4 is 5.97 Å². The lowest BCUT2D eigenvalue weighted by atomic mass is 10.1. The first-order chi connectivity index (χ1) is 7.29. The van der Waals surface area contributed by atoms with Gasteiger partial charge in [-0.05, 0) is 18.1 Å². The molecule has 1 aromatic carbocycles. The Kier molecular flexibility index (Phi) is 4.84. The lowest BCUT2D eigenvalue weighted by Gasteiger charge is -2.06. The van der Waals surface area contributed by atoms with Crippen LogP contribution in [0, 0.1) is 0 Å². The van der Waals surface area contributed by atoms with Crippen molar-refractivity contribution in [1.29, 1.82) is 0 Å². The summed E-state index contributed by atoms with van der Waals surface area (Å²) in [5, 5.41) is 10.8. The van der Waals surface area contributed by atoms with Gasteiger partial charge in [0.15, 0.2) is 0 Å². The monoisotopic (exact) mass is 207 g/mol. The number of carbonyl (C=O) groups excluding carboxylic acids is 1. The summed E-state index contributed by atoms with van der Waals surface area (Å²) in [5.74, 6) is -0.394. The maximum absolute atomic E-state index is 11.5. The molecule has 1 rings (SSSR count). The number of rotatable bonds is 5. The minimum Gasteiger partial charge on any atom is -0.462 e. The summed E-state index contributed by atoms with van der Waals surface area (Å²) in [6, 6.07) is 6.76. The van der Waals surface area contributed by atoms with Crippen LogP contribution in [0.25, 0.3) is 0 Å². The standard InChI is InChI=1S/C12H15O3/c1-2-3-8-15-12(14)11-7-5-4-6-10(11)9-13/h4-7H,2-3,8-9H2,1H3. The van der Waals surface area contributed by atoms with Crippen LogP contribution in [0.15, 0.2) is 24.3 Å². The number of carbonyl (C=O) groups is 1. The van der Waals surface area contributed by atoms with Crippen LogP contribution >= 0.6 is 0 Å². The Balaban J connectivity index is 2.64. The fourth-order valence-corrected chi connectivity index (χ4v) is 1.23. The molecule has 0 bridgehead atoms. The van der Waals surface area contributed by atoms with Gasteiger partial charge < -0.3 is 4.74 Å². The molecule has 3 nitrogen and oxygen atoms in total. The van der Waals surface area contributed by atoms with Gasteiger partial charge in [0.1, 0.15) is 6.61 Å².